The molecule has 3 aromatic carbocycles. The van der Waals surface area contributed by atoms with Gasteiger partial charge in [0.25, 0.3) is 0 Å². The Morgan fingerprint density at radius 1 is 0.750 bits per heavy atom. The molecular weight excluding hydrogens is 1270 g/mol. The van der Waals surface area contributed by atoms with Crippen molar-refractivity contribution < 1.29 is 19.1 Å². The summed E-state index contributed by atoms with van der Waals surface area (Å²) >= 11 is 7.61. The van der Waals surface area contributed by atoms with E-state index in [1.54, 1.807) is 0 Å². The van der Waals surface area contributed by atoms with Crippen molar-refractivity contribution in [3.8, 4) is 22.8 Å². The van der Waals surface area contributed by atoms with Crippen molar-refractivity contribution in [1.82, 2.24) is 38.5 Å². The van der Waals surface area contributed by atoms with E-state index >= 15 is 0 Å². The molecule has 0 bridgehead atoms. The number of allylic oxidation sites excluding steroid dienone is 4. The largest absolute Gasteiger partial charge is 0.379 e. The molecule has 14 nitrogen and oxygen atoms in total. The van der Waals surface area contributed by atoms with Crippen molar-refractivity contribution in [3.63, 3.8) is 0 Å². The Bertz CT molecular complexity index is 3860. The number of hydrogen-bond acceptors (Lipinski definition) is 14. The van der Waals surface area contributed by atoms with Crippen LogP contribution in [-0.4, -0.2) is 102 Å². The van der Waals surface area contributed by atoms with Gasteiger partial charge in [-0.25, -0.2) is 19.9 Å². The topological polar surface area (TPSA) is 144 Å². The number of halogens is 2. The number of aromatic nitrogens is 6. The molecule has 18 heteroatoms. The minimum absolute atomic E-state index is 0.0892. The molecular formula is C62H56I2N10O4S2. The zero-order valence-electron chi connectivity index (χ0n) is 43.8. The summed E-state index contributed by atoms with van der Waals surface area (Å²) in [4.78, 5) is 51.5. The molecule has 2 N–H and O–H groups in total. The molecule has 12 rings (SSSR count). The van der Waals surface area contributed by atoms with Gasteiger partial charge in [-0.3, -0.25) is 28.2 Å². The van der Waals surface area contributed by atoms with Gasteiger partial charge in [-0.2, -0.15) is 0 Å². The van der Waals surface area contributed by atoms with E-state index in [1.807, 2.05) is 103 Å². The van der Waals surface area contributed by atoms with Crippen LogP contribution in [0.4, 0.5) is 21.6 Å². The molecule has 3 aliphatic rings. The third kappa shape index (κ3) is 11.8. The van der Waals surface area contributed by atoms with E-state index in [2.05, 4.69) is 142 Å². The first-order valence-corrected chi connectivity index (χ1v) is 30.4. The van der Waals surface area contributed by atoms with Gasteiger partial charge in [0.1, 0.15) is 22.7 Å². The van der Waals surface area contributed by atoms with Crippen LogP contribution in [0.2, 0.25) is 0 Å². The van der Waals surface area contributed by atoms with Gasteiger partial charge in [0.05, 0.1) is 49.7 Å². The molecule has 9 aromatic rings. The number of imidazole rings is 2. The number of ketones is 2. The van der Waals surface area contributed by atoms with Crippen LogP contribution in [0.25, 0.3) is 34.1 Å². The van der Waals surface area contributed by atoms with Crippen LogP contribution in [0.15, 0.2) is 179 Å². The second-order valence-corrected chi connectivity index (χ2v) is 24.5. The molecule has 1 aliphatic carbocycles. The Balaban J connectivity index is 0.648. The van der Waals surface area contributed by atoms with E-state index < -0.39 is 0 Å². The first-order valence-electron chi connectivity index (χ1n) is 26.5. The van der Waals surface area contributed by atoms with Crippen molar-refractivity contribution >= 4 is 112 Å². The van der Waals surface area contributed by atoms with E-state index in [0.717, 1.165) is 125 Å². The predicted molar refractivity (Wildman–Crippen MR) is 336 cm³/mol. The molecule has 2 fully saturated rings. The lowest BCUT2D eigenvalue weighted by Gasteiger charge is -2.36. The van der Waals surface area contributed by atoms with Gasteiger partial charge in [0, 0.05) is 112 Å². The maximum absolute atomic E-state index is 14.1. The maximum atomic E-state index is 14.1. The van der Waals surface area contributed by atoms with Gasteiger partial charge in [0.2, 0.25) is 0 Å². The lowest BCUT2D eigenvalue weighted by Crippen LogP contribution is -2.43. The Kier molecular flexibility index (Phi) is 16.2. The standard InChI is InChI=1S/C62H56I2N10O4S2/c1-38(59(75)43-9-14-46(15-10-43)67-61-69-52(36-79-61)54-30-66-58-28-41(20-21-73(54)58)32-71-22-25-77-26-23-71)48-18-13-45(29-50(48)40(3)63)56-35-72(24-27-78-56)33-42-8-19-57-65-31-55(74(57)34-42)53-37-80-62(70-53)68-47-16-11-44(12-17-47)60(76)39(2)49-6-4-5-7-51(49)64/h4-21,28-31,34,36-37,39,48,50,56H,1,3,22-27,32-33,35H2,2H3,(H,67,69)(H,68,70)/t39-,48?,50?,56?/m1/s1. The number of carbonyl (C=O) groups is 2. The minimum Gasteiger partial charge on any atom is -0.379 e. The number of ether oxygens (including phenoxy) is 2. The number of carbonyl (C=O) groups excluding carboxylic acids is 2. The summed E-state index contributed by atoms with van der Waals surface area (Å²) < 4.78 is 18.1. The normalized spacial score (nSPS) is 18.3. The molecule has 0 radical (unpaired) electrons. The molecule has 8 heterocycles. The fourth-order valence-electron chi connectivity index (χ4n) is 10.6. The van der Waals surface area contributed by atoms with Gasteiger partial charge in [0.15, 0.2) is 21.8 Å². The SMILES string of the molecule is C=C(I)C1C=C(C2CN(Cc3ccc4ncc(-c5csc(Nc6ccc(C(=O)[C@H](C)c7ccccc7I)cc6)n5)n4c3)CCO2)C=CC1C(=C)C(=O)c1ccc(Nc2nc(-c3cnc4cc(CN5CCOCC5)ccn34)cs2)cc1. The first kappa shape index (κ1) is 54.1. The second kappa shape index (κ2) is 23.9. The molecule has 0 amide bonds. The number of nitrogens with one attached hydrogen (secondary N) is 2. The summed E-state index contributed by atoms with van der Waals surface area (Å²) in [6, 6.07) is 31.6. The molecule has 404 valence electrons. The molecule has 2 aliphatic heterocycles. The van der Waals surface area contributed by atoms with E-state index in [-0.39, 0.29) is 35.4 Å². The Hall–Kier alpha value is -6.50. The number of morpholine rings is 2. The summed E-state index contributed by atoms with van der Waals surface area (Å²) in [5.74, 6) is -0.631. The molecule has 2 saturated heterocycles. The van der Waals surface area contributed by atoms with Crippen molar-refractivity contribution in [1.29, 1.82) is 0 Å². The number of nitrogens with zero attached hydrogens (tertiary/aromatic N) is 8. The predicted octanol–water partition coefficient (Wildman–Crippen LogP) is 13.5. The average molecular weight is 1320 g/mol. The summed E-state index contributed by atoms with van der Waals surface area (Å²) in [5, 5.41) is 12.4. The number of hydrogen-bond donors (Lipinski definition) is 2. The Labute approximate surface area is 499 Å². The van der Waals surface area contributed by atoms with Crippen molar-refractivity contribution in [3.05, 3.63) is 210 Å². The lowest BCUT2D eigenvalue weighted by atomic mass is 9.78. The summed E-state index contributed by atoms with van der Waals surface area (Å²) in [6.45, 7) is 17.8. The van der Waals surface area contributed by atoms with Crippen molar-refractivity contribution in [2.45, 2.75) is 32.0 Å². The number of thiazole rings is 2. The van der Waals surface area contributed by atoms with Crippen LogP contribution in [0.3, 0.4) is 0 Å². The minimum atomic E-state index is -0.249. The van der Waals surface area contributed by atoms with E-state index in [4.69, 9.17) is 29.4 Å². The number of fused-ring (bicyclic) bond motifs is 2. The number of pyridine rings is 2. The monoisotopic (exact) mass is 1320 g/mol. The maximum Gasteiger partial charge on any atom is 0.189 e. The first-order chi connectivity index (χ1) is 39.0. The van der Waals surface area contributed by atoms with Crippen LogP contribution in [-0.2, 0) is 22.6 Å². The van der Waals surface area contributed by atoms with Crippen molar-refractivity contribution in [2.24, 2.45) is 11.8 Å². The fraction of sp³-hybridized carbons (Fsp3) is 0.226. The highest BCUT2D eigenvalue weighted by molar-refractivity contribution is 14.1. The van der Waals surface area contributed by atoms with Crippen LogP contribution in [0.1, 0.15) is 50.2 Å². The number of anilines is 4. The van der Waals surface area contributed by atoms with Gasteiger partial charge >= 0.3 is 0 Å². The molecule has 4 atom stereocenters. The average Bonchev–Trinajstić information content (AvgIpc) is 4.34. The number of benzene rings is 3. The molecule has 80 heavy (non-hydrogen) atoms. The number of Topliss-reactive ketones (excluding diaryl/α,β-unsaturated/α-hetero) is 2. The zero-order valence-corrected chi connectivity index (χ0v) is 49.8. The van der Waals surface area contributed by atoms with Gasteiger partial charge in [-0.15, -0.1) is 22.7 Å². The second-order valence-electron chi connectivity index (χ2n) is 20.3. The molecule has 0 spiro atoms. The van der Waals surface area contributed by atoms with E-state index in [9.17, 15) is 9.59 Å². The van der Waals surface area contributed by atoms with E-state index in [0.29, 0.717) is 29.9 Å². The third-order valence-electron chi connectivity index (χ3n) is 15.0. The molecule has 6 aromatic heterocycles. The van der Waals surface area contributed by atoms with Crippen LogP contribution in [0, 0.1) is 15.4 Å². The smallest absolute Gasteiger partial charge is 0.189 e. The molecule has 0 saturated carbocycles. The Morgan fingerprint density at radius 3 is 2.10 bits per heavy atom. The highest BCUT2D eigenvalue weighted by atomic mass is 127. The van der Waals surface area contributed by atoms with Gasteiger partial charge in [-0.05, 0) is 144 Å². The highest BCUT2D eigenvalue weighted by Gasteiger charge is 2.32. The number of rotatable bonds is 18. The zero-order chi connectivity index (χ0) is 54.9. The molecule has 3 unspecified atom stereocenters. The van der Waals surface area contributed by atoms with E-state index in [1.165, 1.54) is 28.2 Å². The third-order valence-corrected chi connectivity index (χ3v) is 18.2. The summed E-state index contributed by atoms with van der Waals surface area (Å²) in [5.41, 5.74) is 13.1. The van der Waals surface area contributed by atoms with Gasteiger partial charge in [-0.1, -0.05) is 62.6 Å². The quantitative estimate of drug-likeness (QED) is 0.0479. The van der Waals surface area contributed by atoms with Crippen LogP contribution < -0.4 is 10.6 Å². The Morgan fingerprint density at radius 2 is 1.40 bits per heavy atom. The summed E-state index contributed by atoms with van der Waals surface area (Å²) in [6.07, 6.45) is 14.2. The van der Waals surface area contributed by atoms with Crippen LogP contribution in [0.5, 0.6) is 0 Å². The van der Waals surface area contributed by atoms with Crippen LogP contribution >= 0.6 is 67.9 Å². The van der Waals surface area contributed by atoms with Crippen molar-refractivity contribution in [2.75, 3.05) is 56.6 Å². The lowest BCUT2D eigenvalue weighted by molar-refractivity contribution is -0.0111. The fourth-order valence-corrected chi connectivity index (χ4v) is 13.5. The summed E-state index contributed by atoms with van der Waals surface area (Å²) in [7, 11) is 0. The highest BCUT2D eigenvalue weighted by Crippen LogP contribution is 2.39. The van der Waals surface area contributed by atoms with Gasteiger partial charge < -0.3 is 20.1 Å².